The van der Waals surface area contributed by atoms with Gasteiger partial charge in [0.15, 0.2) is 0 Å². The molecule has 0 saturated carbocycles. The summed E-state index contributed by atoms with van der Waals surface area (Å²) in [5, 5.41) is 5.71. The van der Waals surface area contributed by atoms with E-state index in [-0.39, 0.29) is 30.4 Å². The Kier molecular flexibility index (Phi) is 13.5. The molecule has 1 saturated heterocycles. The fourth-order valence-corrected chi connectivity index (χ4v) is 5.73. The van der Waals surface area contributed by atoms with Crippen LogP contribution in [0.2, 0.25) is 0 Å². The van der Waals surface area contributed by atoms with Gasteiger partial charge in [-0.1, -0.05) is 60.5 Å². The molecule has 1 atom stereocenters. The lowest BCUT2D eigenvalue weighted by Gasteiger charge is -2.41. The quantitative estimate of drug-likeness (QED) is 0.457. The van der Waals surface area contributed by atoms with Crippen LogP contribution in [0.4, 0.5) is 19.2 Å². The number of nitrogens with zero attached hydrogens (tertiary/aromatic N) is 2. The van der Waals surface area contributed by atoms with Gasteiger partial charge >= 0.3 is 0 Å². The van der Waals surface area contributed by atoms with Gasteiger partial charge in [0, 0.05) is 40.5 Å². The number of fused-ring (bicyclic) bond motifs is 2. The van der Waals surface area contributed by atoms with Crippen LogP contribution in [0.5, 0.6) is 0 Å². The predicted molar refractivity (Wildman–Crippen MR) is 146 cm³/mol. The molecule has 2 aliphatic rings. The topological polar surface area (TPSA) is 73.9 Å². The molecule has 0 aliphatic carbocycles. The van der Waals surface area contributed by atoms with Gasteiger partial charge in [0.1, 0.15) is 6.04 Å². The lowest BCUT2D eigenvalue weighted by atomic mass is 9.74. The molecule has 2 aliphatic heterocycles. The number of likely N-dealkylation sites (tertiary alicyclic amines) is 1. The summed E-state index contributed by atoms with van der Waals surface area (Å²) < 4.78 is 33.7. The van der Waals surface area contributed by atoms with E-state index in [0.717, 1.165) is 24.9 Å². The monoisotopic (exact) mass is 554 g/mol. The van der Waals surface area contributed by atoms with E-state index in [1.165, 1.54) is 11.3 Å². The van der Waals surface area contributed by atoms with Crippen molar-refractivity contribution in [1.29, 1.82) is 0 Å². The third-order valence-corrected chi connectivity index (χ3v) is 7.58. The Hall–Kier alpha value is -2.76. The van der Waals surface area contributed by atoms with E-state index in [2.05, 4.69) is 45.5 Å². The second-order valence-corrected chi connectivity index (χ2v) is 9.80. The first-order valence-corrected chi connectivity index (χ1v) is 13.5. The van der Waals surface area contributed by atoms with Gasteiger partial charge < -0.3 is 24.6 Å². The lowest BCUT2D eigenvalue weighted by Crippen LogP contribution is -2.55. The van der Waals surface area contributed by atoms with Gasteiger partial charge in [-0.25, -0.2) is 0 Å². The second-order valence-electron chi connectivity index (χ2n) is 8.99. The van der Waals surface area contributed by atoms with Gasteiger partial charge in [-0.05, 0) is 37.1 Å². The maximum atomic E-state index is 13.4. The average Bonchev–Trinajstić information content (AvgIpc) is 3.28. The summed E-state index contributed by atoms with van der Waals surface area (Å²) in [6.07, 6.45) is 3.94. The number of carbonyl (C=O) groups is 2. The number of nitrogens with one attached hydrogen (secondary N) is 2. The van der Waals surface area contributed by atoms with Crippen LogP contribution in [0.3, 0.4) is 0 Å². The van der Waals surface area contributed by atoms with Gasteiger partial charge in [0.2, 0.25) is 11.8 Å². The van der Waals surface area contributed by atoms with Gasteiger partial charge in [-0.2, -0.15) is 0 Å². The van der Waals surface area contributed by atoms with E-state index in [4.69, 9.17) is 13.9 Å². The summed E-state index contributed by atoms with van der Waals surface area (Å²) in [6, 6.07) is 17.8. The number of hydrogen-bond acceptors (Lipinski definition) is 6. The van der Waals surface area contributed by atoms with Crippen molar-refractivity contribution in [2.45, 2.75) is 30.9 Å². The molecule has 4 rings (SSSR count). The molecule has 1 unspecified atom stereocenters. The molecular formula is C27H37F3N4O3S. The van der Waals surface area contributed by atoms with Crippen LogP contribution in [0.15, 0.2) is 54.6 Å². The smallest absolute Gasteiger partial charge is 0.247 e. The molecule has 0 radical (unpaired) electrons. The number of para-hydroxylation sites is 1. The first-order chi connectivity index (χ1) is 18.6. The molecule has 2 heterocycles. The summed E-state index contributed by atoms with van der Waals surface area (Å²) in [4.78, 5) is 27.6. The number of likely N-dealkylation sites (N-methyl/N-ethyl adjacent to an activating group) is 1. The van der Waals surface area contributed by atoms with Crippen LogP contribution in [0.25, 0.3) is 0 Å². The van der Waals surface area contributed by atoms with Crippen LogP contribution in [-0.4, -0.2) is 76.0 Å². The molecule has 38 heavy (non-hydrogen) atoms. The third-order valence-electron chi connectivity index (χ3n) is 6.81. The number of carbonyl (C=O) groups excluding carboxylic acids is 2. The summed E-state index contributed by atoms with van der Waals surface area (Å²) in [7, 11) is 2.21. The number of rotatable bonds is 9. The summed E-state index contributed by atoms with van der Waals surface area (Å²) >= 11 is 1.76. The largest absolute Gasteiger partial charge is 0.374 e. The van der Waals surface area contributed by atoms with E-state index < -0.39 is 6.04 Å². The fourth-order valence-electron chi connectivity index (χ4n) is 5.00. The van der Waals surface area contributed by atoms with Crippen molar-refractivity contribution in [2.75, 3.05) is 57.6 Å². The zero-order valence-electron chi connectivity index (χ0n) is 22.1. The Balaban J connectivity index is 0.00000121. The molecule has 11 heteroatoms. The number of halogens is 3. The van der Waals surface area contributed by atoms with Crippen molar-refractivity contribution in [3.8, 4) is 0 Å². The summed E-state index contributed by atoms with van der Waals surface area (Å²) in [6.45, 7) is 3.02. The Labute approximate surface area is 227 Å². The number of ether oxygens (including phenoxy) is 1. The summed E-state index contributed by atoms with van der Waals surface area (Å²) in [5.74, 6) is -0.279. The van der Waals surface area contributed by atoms with E-state index in [1.807, 2.05) is 35.2 Å². The second kappa shape index (κ2) is 16.3. The van der Waals surface area contributed by atoms with Crippen LogP contribution in [-0.2, 0) is 26.3 Å². The molecule has 2 N–H and O–H groups in total. The SMILES string of the molecule is CF.CNCC(=O)NC(COCc1ccccc1)C(=O)N1CCC2(CC1)CN(SC)c1ccccc12.FF. The van der Waals surface area contributed by atoms with Crippen LogP contribution in [0, 0.1) is 0 Å². The van der Waals surface area contributed by atoms with Crippen LogP contribution >= 0.6 is 11.9 Å². The molecule has 0 aromatic heterocycles. The van der Waals surface area contributed by atoms with E-state index in [0.29, 0.717) is 26.9 Å². The van der Waals surface area contributed by atoms with E-state index in [1.54, 1.807) is 19.0 Å². The number of anilines is 1. The molecule has 2 amide bonds. The Morgan fingerprint density at radius 3 is 2.32 bits per heavy atom. The standard InChI is InChI=1S/C26H34N4O3S.CH3F.F2/c1-27-16-24(31)28-22(18-33-17-20-8-4-3-5-9-20)25(32)29-14-12-26(13-15-29)19-30(34-2)23-11-7-6-10-21(23)26;2*1-2/h3-11,22,27H,12-19H2,1-2H3,(H,28,31);1H3;. The minimum Gasteiger partial charge on any atom is -0.374 e. The molecule has 7 nitrogen and oxygen atoms in total. The number of piperidine rings is 1. The average molecular weight is 555 g/mol. The molecule has 2 aromatic rings. The predicted octanol–water partition coefficient (Wildman–Crippen LogP) is 3.99. The number of alkyl halides is 1. The normalized spacial score (nSPS) is 15.9. The Morgan fingerprint density at radius 2 is 1.68 bits per heavy atom. The van der Waals surface area contributed by atoms with Crippen LogP contribution < -0.4 is 14.9 Å². The molecule has 2 aromatic carbocycles. The van der Waals surface area contributed by atoms with Crippen molar-refractivity contribution in [2.24, 2.45) is 0 Å². The van der Waals surface area contributed by atoms with E-state index >= 15 is 0 Å². The van der Waals surface area contributed by atoms with Gasteiger partial charge in [-0.3, -0.25) is 14.0 Å². The highest BCUT2D eigenvalue weighted by Crippen LogP contribution is 2.48. The van der Waals surface area contributed by atoms with Crippen LogP contribution in [0.1, 0.15) is 24.0 Å². The van der Waals surface area contributed by atoms with Crippen molar-refractivity contribution in [3.05, 3.63) is 65.7 Å². The minimum atomic E-state index is -0.697. The molecule has 0 bridgehead atoms. The molecule has 210 valence electrons. The number of amides is 2. The first kappa shape index (κ1) is 31.5. The maximum absolute atomic E-state index is 13.4. The molecular weight excluding hydrogens is 517 g/mol. The molecule has 1 fully saturated rings. The first-order valence-electron chi connectivity index (χ1n) is 12.3. The van der Waals surface area contributed by atoms with Gasteiger partial charge in [-0.15, -0.1) is 0 Å². The minimum absolute atomic E-state index is 0.0691. The zero-order valence-corrected chi connectivity index (χ0v) is 22.9. The maximum Gasteiger partial charge on any atom is 0.247 e. The van der Waals surface area contributed by atoms with Crippen molar-refractivity contribution < 1.29 is 27.9 Å². The Bertz CT molecular complexity index is 995. The summed E-state index contributed by atoms with van der Waals surface area (Å²) in [5.41, 5.74) is 3.79. The number of benzene rings is 2. The molecule has 1 spiro atoms. The highest BCUT2D eigenvalue weighted by Gasteiger charge is 2.45. The lowest BCUT2D eigenvalue weighted by molar-refractivity contribution is -0.139. The fraction of sp³-hybridized carbons (Fsp3) is 0.481. The third kappa shape index (κ3) is 7.87. The number of hydrogen-bond donors (Lipinski definition) is 2. The van der Waals surface area contributed by atoms with E-state index in [9.17, 15) is 14.0 Å². The highest BCUT2D eigenvalue weighted by atomic mass is 32.2. The zero-order chi connectivity index (χ0) is 28.0. The van der Waals surface area contributed by atoms with Crippen molar-refractivity contribution in [1.82, 2.24) is 15.5 Å². The highest BCUT2D eigenvalue weighted by molar-refractivity contribution is 8.00. The Morgan fingerprint density at radius 1 is 1.05 bits per heavy atom. The van der Waals surface area contributed by atoms with Gasteiger partial charge in [0.05, 0.1) is 32.6 Å². The van der Waals surface area contributed by atoms with Gasteiger partial charge in [0.25, 0.3) is 0 Å². The van der Waals surface area contributed by atoms with Crippen molar-refractivity contribution >= 4 is 29.4 Å². The van der Waals surface area contributed by atoms with Crippen molar-refractivity contribution in [3.63, 3.8) is 0 Å².